The van der Waals surface area contributed by atoms with Crippen molar-refractivity contribution in [3.8, 4) is 0 Å². The first-order valence-corrected chi connectivity index (χ1v) is 5.77. The van der Waals surface area contributed by atoms with Crippen molar-refractivity contribution in [3.63, 3.8) is 0 Å². The first kappa shape index (κ1) is 8.59. The van der Waals surface area contributed by atoms with Gasteiger partial charge in [0.2, 0.25) is 0 Å². The number of rotatable bonds is 0. The van der Waals surface area contributed by atoms with Gasteiger partial charge in [-0.2, -0.15) is 0 Å². The fraction of sp³-hybridized carbons (Fsp3) is 1.00. The average molecular weight is 166 g/mol. The highest BCUT2D eigenvalue weighted by atomic mass is 14.4. The van der Waals surface area contributed by atoms with E-state index in [1.807, 2.05) is 0 Å². The van der Waals surface area contributed by atoms with E-state index in [2.05, 4.69) is 13.8 Å². The predicted molar refractivity (Wildman–Crippen MR) is 53.0 cm³/mol. The Balaban J connectivity index is 2.01. The molecular formula is C12H22. The van der Waals surface area contributed by atoms with Gasteiger partial charge in [-0.05, 0) is 42.9 Å². The maximum atomic E-state index is 2.48. The molecule has 0 spiro atoms. The van der Waals surface area contributed by atoms with Crippen molar-refractivity contribution in [1.29, 1.82) is 0 Å². The van der Waals surface area contributed by atoms with Crippen LogP contribution in [0.5, 0.6) is 0 Å². The molecule has 2 fully saturated rings. The van der Waals surface area contributed by atoms with Crippen LogP contribution >= 0.6 is 0 Å². The van der Waals surface area contributed by atoms with Gasteiger partial charge in [-0.3, -0.25) is 0 Å². The topological polar surface area (TPSA) is 0 Å². The van der Waals surface area contributed by atoms with Crippen LogP contribution in [0.1, 0.15) is 52.4 Å². The van der Waals surface area contributed by atoms with E-state index < -0.39 is 0 Å². The Morgan fingerprint density at radius 2 is 1.67 bits per heavy atom. The number of fused-ring (bicyclic) bond motifs is 1. The lowest BCUT2D eigenvalue weighted by Crippen LogP contribution is -2.32. The summed E-state index contributed by atoms with van der Waals surface area (Å²) in [7, 11) is 0. The van der Waals surface area contributed by atoms with Gasteiger partial charge in [0.05, 0.1) is 0 Å². The Morgan fingerprint density at radius 1 is 0.917 bits per heavy atom. The minimum absolute atomic E-state index is 1.01. The molecule has 0 aromatic rings. The average Bonchev–Trinajstić information content (AvgIpc) is 2.04. The zero-order valence-electron chi connectivity index (χ0n) is 8.55. The van der Waals surface area contributed by atoms with Crippen LogP contribution in [0.3, 0.4) is 0 Å². The van der Waals surface area contributed by atoms with Crippen LogP contribution in [-0.2, 0) is 0 Å². The lowest BCUT2D eigenvalue weighted by Gasteiger charge is -2.42. The second kappa shape index (κ2) is 3.40. The van der Waals surface area contributed by atoms with Crippen LogP contribution in [0, 0.1) is 23.7 Å². The van der Waals surface area contributed by atoms with Gasteiger partial charge in [-0.15, -0.1) is 0 Å². The summed E-state index contributed by atoms with van der Waals surface area (Å²) in [5, 5.41) is 0. The van der Waals surface area contributed by atoms with Gasteiger partial charge >= 0.3 is 0 Å². The maximum absolute atomic E-state index is 2.48. The molecule has 0 heteroatoms. The largest absolute Gasteiger partial charge is 0.0625 e. The molecule has 0 aliphatic heterocycles. The van der Waals surface area contributed by atoms with Gasteiger partial charge < -0.3 is 0 Å². The van der Waals surface area contributed by atoms with E-state index in [-0.39, 0.29) is 0 Å². The molecule has 0 aromatic heterocycles. The minimum atomic E-state index is 1.01. The summed E-state index contributed by atoms with van der Waals surface area (Å²) in [6.45, 7) is 4.93. The standard InChI is InChI=1S/C12H22/c1-9-7-10(2)12-6-4-3-5-11(12)8-9/h9-12H,3-8H2,1-2H3/t9-,10-,11+,12-/m1/s1. The second-order valence-corrected chi connectivity index (χ2v) is 5.26. The zero-order chi connectivity index (χ0) is 8.55. The minimum Gasteiger partial charge on any atom is -0.0625 e. The van der Waals surface area contributed by atoms with E-state index >= 15 is 0 Å². The van der Waals surface area contributed by atoms with E-state index in [0.717, 1.165) is 23.7 Å². The molecule has 0 unspecified atom stereocenters. The Morgan fingerprint density at radius 3 is 2.50 bits per heavy atom. The summed E-state index contributed by atoms with van der Waals surface area (Å²) >= 11 is 0. The van der Waals surface area contributed by atoms with E-state index in [4.69, 9.17) is 0 Å². The number of hydrogen-bond donors (Lipinski definition) is 0. The third-order valence-electron chi connectivity index (χ3n) is 4.18. The summed E-state index contributed by atoms with van der Waals surface area (Å²) < 4.78 is 0. The molecule has 2 rings (SSSR count). The summed E-state index contributed by atoms with van der Waals surface area (Å²) in [6.07, 6.45) is 9.15. The van der Waals surface area contributed by atoms with Crippen LogP contribution in [0.25, 0.3) is 0 Å². The van der Waals surface area contributed by atoms with E-state index in [0.29, 0.717) is 0 Å². The quantitative estimate of drug-likeness (QED) is 0.512. The second-order valence-electron chi connectivity index (χ2n) is 5.26. The molecule has 12 heavy (non-hydrogen) atoms. The van der Waals surface area contributed by atoms with Gasteiger partial charge in [-0.1, -0.05) is 33.1 Å². The Bertz CT molecular complexity index is 150. The molecule has 0 nitrogen and oxygen atoms in total. The van der Waals surface area contributed by atoms with Gasteiger partial charge in [0.15, 0.2) is 0 Å². The van der Waals surface area contributed by atoms with E-state index in [1.54, 1.807) is 12.8 Å². The Hall–Kier alpha value is 0. The molecule has 2 aliphatic carbocycles. The molecule has 2 saturated carbocycles. The molecule has 0 N–H and O–H groups in total. The van der Waals surface area contributed by atoms with Crippen molar-refractivity contribution < 1.29 is 0 Å². The molecule has 2 aliphatic rings. The van der Waals surface area contributed by atoms with Crippen molar-refractivity contribution >= 4 is 0 Å². The van der Waals surface area contributed by atoms with Crippen molar-refractivity contribution in [1.82, 2.24) is 0 Å². The molecule has 0 bridgehead atoms. The highest BCUT2D eigenvalue weighted by Gasteiger charge is 2.34. The smallest absolute Gasteiger partial charge is 0.0360 e. The first-order valence-electron chi connectivity index (χ1n) is 5.77. The van der Waals surface area contributed by atoms with Gasteiger partial charge in [0.25, 0.3) is 0 Å². The van der Waals surface area contributed by atoms with E-state index in [1.165, 1.54) is 25.7 Å². The van der Waals surface area contributed by atoms with Gasteiger partial charge in [0.1, 0.15) is 0 Å². The van der Waals surface area contributed by atoms with Crippen molar-refractivity contribution in [2.45, 2.75) is 52.4 Å². The molecule has 70 valence electrons. The third kappa shape index (κ3) is 1.53. The maximum Gasteiger partial charge on any atom is -0.0360 e. The monoisotopic (exact) mass is 166 g/mol. The van der Waals surface area contributed by atoms with Crippen molar-refractivity contribution in [3.05, 3.63) is 0 Å². The van der Waals surface area contributed by atoms with Crippen LogP contribution in [0.15, 0.2) is 0 Å². The fourth-order valence-electron chi connectivity index (χ4n) is 3.70. The summed E-state index contributed by atoms with van der Waals surface area (Å²) in [5.74, 6) is 4.26. The normalized spacial score (nSPS) is 48.5. The Kier molecular flexibility index (Phi) is 2.43. The summed E-state index contributed by atoms with van der Waals surface area (Å²) in [4.78, 5) is 0. The summed E-state index contributed by atoms with van der Waals surface area (Å²) in [6, 6.07) is 0. The first-order chi connectivity index (χ1) is 5.77. The third-order valence-corrected chi connectivity index (χ3v) is 4.18. The molecule has 0 heterocycles. The Labute approximate surface area is 76.7 Å². The van der Waals surface area contributed by atoms with E-state index in [9.17, 15) is 0 Å². The number of hydrogen-bond acceptors (Lipinski definition) is 0. The van der Waals surface area contributed by atoms with Crippen molar-refractivity contribution in [2.75, 3.05) is 0 Å². The predicted octanol–water partition coefficient (Wildman–Crippen LogP) is 3.86. The molecule has 0 amide bonds. The molecular weight excluding hydrogens is 144 g/mol. The van der Waals surface area contributed by atoms with Crippen LogP contribution in [0.4, 0.5) is 0 Å². The SMILES string of the molecule is C[C@H]1C[C@@H]2CCCC[C@@H]2[C@H](C)C1. The highest BCUT2D eigenvalue weighted by molar-refractivity contribution is 4.85. The lowest BCUT2D eigenvalue weighted by molar-refractivity contribution is 0.0827. The zero-order valence-corrected chi connectivity index (χ0v) is 8.55. The summed E-state index contributed by atoms with van der Waals surface area (Å²) in [5.41, 5.74) is 0. The molecule has 0 saturated heterocycles. The molecule has 0 aromatic carbocycles. The van der Waals surface area contributed by atoms with Crippen LogP contribution < -0.4 is 0 Å². The van der Waals surface area contributed by atoms with Gasteiger partial charge in [0, 0.05) is 0 Å². The highest BCUT2D eigenvalue weighted by Crippen LogP contribution is 2.45. The molecule has 0 radical (unpaired) electrons. The van der Waals surface area contributed by atoms with Gasteiger partial charge in [-0.25, -0.2) is 0 Å². The van der Waals surface area contributed by atoms with Crippen LogP contribution in [0.2, 0.25) is 0 Å². The molecule has 4 atom stereocenters. The fourth-order valence-corrected chi connectivity index (χ4v) is 3.70. The van der Waals surface area contributed by atoms with Crippen molar-refractivity contribution in [2.24, 2.45) is 23.7 Å². The lowest BCUT2D eigenvalue weighted by atomic mass is 9.63. The van der Waals surface area contributed by atoms with Crippen LogP contribution in [-0.4, -0.2) is 0 Å².